The average molecular weight is 160 g/mol. The fourth-order valence-corrected chi connectivity index (χ4v) is 0.555. The van der Waals surface area contributed by atoms with Crippen molar-refractivity contribution < 1.29 is 13.0 Å². The first-order valence-electron chi connectivity index (χ1n) is 1.73. The second-order valence-electron chi connectivity index (χ2n) is 1.20. The molecule has 0 aliphatic heterocycles. The summed E-state index contributed by atoms with van der Waals surface area (Å²) in [6, 6.07) is -0.237. The molecule has 0 aromatic carbocycles. The molecule has 6 heteroatoms. The van der Waals surface area contributed by atoms with E-state index in [1.807, 2.05) is 0 Å². The van der Waals surface area contributed by atoms with Gasteiger partial charge in [0.1, 0.15) is 0 Å². The van der Waals surface area contributed by atoms with Gasteiger partial charge in [-0.3, -0.25) is 4.55 Å². The first-order valence-corrected chi connectivity index (χ1v) is 3.66. The van der Waals surface area contributed by atoms with E-state index in [1.54, 1.807) is 0 Å². The Hall–Kier alpha value is 0.160. The number of hydrogen-bond donors (Lipinski definition) is 1. The van der Waals surface area contributed by atoms with Gasteiger partial charge in [-0.1, -0.05) is 0 Å². The van der Waals surface area contributed by atoms with Crippen molar-refractivity contribution in [3.05, 3.63) is 0 Å². The number of alkyl halides is 1. The second kappa shape index (κ2) is 2.63. The Morgan fingerprint density at radius 3 is 2.12 bits per heavy atom. The van der Waals surface area contributed by atoms with Crippen molar-refractivity contribution in [1.29, 1.82) is 0 Å². The van der Waals surface area contributed by atoms with Crippen LogP contribution in [-0.4, -0.2) is 30.3 Å². The van der Waals surface area contributed by atoms with Crippen LogP contribution in [0.4, 0.5) is 0 Å². The highest BCUT2D eigenvalue weighted by Crippen LogP contribution is 1.92. The van der Waals surface area contributed by atoms with Gasteiger partial charge in [-0.05, 0) is 0 Å². The van der Waals surface area contributed by atoms with Crippen LogP contribution < -0.4 is 0 Å². The molecule has 0 bridgehead atoms. The maximum Gasteiger partial charge on any atom is 0.336 e. The molecule has 0 aromatic heterocycles. The zero-order valence-electron chi connectivity index (χ0n) is 4.20. The molecule has 4 nitrogen and oxygen atoms in total. The van der Waals surface area contributed by atoms with Gasteiger partial charge in [0.05, 0.1) is 6.00 Å². The van der Waals surface area contributed by atoms with Crippen LogP contribution in [0.2, 0.25) is 0 Å². The van der Waals surface area contributed by atoms with Crippen LogP contribution in [0, 0.1) is 0 Å². The van der Waals surface area contributed by atoms with Crippen molar-refractivity contribution in [1.82, 2.24) is 4.31 Å². The molecule has 0 saturated carbocycles. The second-order valence-corrected chi connectivity index (χ2v) is 2.95. The van der Waals surface area contributed by atoms with E-state index in [2.05, 4.69) is 0 Å². The Morgan fingerprint density at radius 1 is 1.75 bits per heavy atom. The van der Waals surface area contributed by atoms with E-state index in [1.165, 1.54) is 7.05 Å². The largest absolute Gasteiger partial charge is 0.336 e. The van der Waals surface area contributed by atoms with Gasteiger partial charge in [-0.15, -0.1) is 11.6 Å². The molecule has 0 unspecified atom stereocenters. The first-order chi connectivity index (χ1) is 3.48. The van der Waals surface area contributed by atoms with Crippen molar-refractivity contribution >= 4 is 21.9 Å². The summed E-state index contributed by atoms with van der Waals surface area (Å²) in [4.78, 5) is 0. The molecule has 0 atom stereocenters. The predicted molar refractivity (Wildman–Crippen MR) is 30.0 cm³/mol. The number of rotatable bonds is 2. The third-order valence-electron chi connectivity index (χ3n) is 0.562. The zero-order valence-corrected chi connectivity index (χ0v) is 5.78. The van der Waals surface area contributed by atoms with Crippen LogP contribution in [0.25, 0.3) is 0 Å². The lowest BCUT2D eigenvalue weighted by atomic mass is 11.3. The lowest BCUT2D eigenvalue weighted by Gasteiger charge is -2.05. The smallest absolute Gasteiger partial charge is 0.273 e. The number of hydrogen-bond acceptors (Lipinski definition) is 2. The van der Waals surface area contributed by atoms with Crippen molar-refractivity contribution in [3.63, 3.8) is 0 Å². The van der Waals surface area contributed by atoms with Crippen LogP contribution >= 0.6 is 11.6 Å². The molecule has 0 amide bonds. The summed E-state index contributed by atoms with van der Waals surface area (Å²) in [5, 5.41) is 0. The summed E-state index contributed by atoms with van der Waals surface area (Å²) in [6.45, 7) is 0. The van der Waals surface area contributed by atoms with Crippen LogP contribution in [0.3, 0.4) is 0 Å². The topological polar surface area (TPSA) is 57.6 Å². The fourth-order valence-electron chi connectivity index (χ4n) is 0.0617. The van der Waals surface area contributed by atoms with Gasteiger partial charge in [-0.2, -0.15) is 12.7 Å². The molecule has 0 rings (SSSR count). The Balaban J connectivity index is 4.04. The molecule has 0 heterocycles. The highest BCUT2D eigenvalue weighted by atomic mass is 35.5. The van der Waals surface area contributed by atoms with E-state index in [0.717, 1.165) is 0 Å². The summed E-state index contributed by atoms with van der Waals surface area (Å²) in [5.41, 5.74) is 0. The van der Waals surface area contributed by atoms with Gasteiger partial charge in [0, 0.05) is 7.05 Å². The SMILES string of the molecule is CN(CCl)S(=O)(=O)O. The summed E-state index contributed by atoms with van der Waals surface area (Å²) in [5.74, 6) is 0. The number of halogens is 1. The Morgan fingerprint density at radius 2 is 2.12 bits per heavy atom. The summed E-state index contributed by atoms with van der Waals surface area (Å²) >= 11 is 5.02. The van der Waals surface area contributed by atoms with Gasteiger partial charge >= 0.3 is 10.3 Å². The minimum Gasteiger partial charge on any atom is -0.273 e. The van der Waals surface area contributed by atoms with Gasteiger partial charge in [0.25, 0.3) is 0 Å². The van der Waals surface area contributed by atoms with E-state index in [-0.39, 0.29) is 6.00 Å². The summed E-state index contributed by atoms with van der Waals surface area (Å²) in [6.07, 6.45) is 0. The fraction of sp³-hybridized carbons (Fsp3) is 1.00. The molecule has 0 spiro atoms. The molecule has 0 fully saturated rings. The quantitative estimate of drug-likeness (QED) is 0.348. The molecule has 8 heavy (non-hydrogen) atoms. The van der Waals surface area contributed by atoms with Crippen molar-refractivity contribution in [2.75, 3.05) is 13.1 Å². The molecule has 0 aromatic rings. The molecule has 0 radical (unpaired) electrons. The lowest BCUT2D eigenvalue weighted by molar-refractivity contribution is 0.410. The van der Waals surface area contributed by atoms with Gasteiger partial charge in [0.15, 0.2) is 0 Å². The van der Waals surface area contributed by atoms with Crippen LogP contribution in [0.1, 0.15) is 0 Å². The molecular weight excluding hydrogens is 154 g/mol. The summed E-state index contributed by atoms with van der Waals surface area (Å²) in [7, 11) is -2.88. The van der Waals surface area contributed by atoms with Crippen LogP contribution in [-0.2, 0) is 10.3 Å². The van der Waals surface area contributed by atoms with Gasteiger partial charge in [-0.25, -0.2) is 0 Å². The van der Waals surface area contributed by atoms with E-state index in [0.29, 0.717) is 4.31 Å². The van der Waals surface area contributed by atoms with Gasteiger partial charge < -0.3 is 0 Å². The maximum absolute atomic E-state index is 9.96. The normalized spacial score (nSPS) is 12.5. The van der Waals surface area contributed by atoms with Crippen LogP contribution in [0.5, 0.6) is 0 Å². The lowest BCUT2D eigenvalue weighted by Crippen LogP contribution is -2.24. The first kappa shape index (κ1) is 8.16. The Kier molecular flexibility index (Phi) is 2.68. The molecule has 50 valence electrons. The third kappa shape index (κ3) is 2.46. The standard InChI is InChI=1S/C2H6ClNO3S/c1-4(2-3)8(5,6)7/h2H2,1H3,(H,5,6,7). The average Bonchev–Trinajstić information content (AvgIpc) is 1.62. The predicted octanol–water partition coefficient (Wildman–Crippen LogP) is -0.0827. The highest BCUT2D eigenvalue weighted by molar-refractivity contribution is 7.83. The molecule has 0 aliphatic carbocycles. The maximum atomic E-state index is 9.96. The van der Waals surface area contributed by atoms with Gasteiger partial charge in [0.2, 0.25) is 0 Å². The summed E-state index contributed by atoms with van der Waals surface area (Å²) < 4.78 is 28.6. The monoisotopic (exact) mass is 159 g/mol. The third-order valence-corrected chi connectivity index (χ3v) is 1.98. The molecule has 0 aliphatic rings. The Labute approximate surface area is 52.9 Å². The van der Waals surface area contributed by atoms with E-state index in [9.17, 15) is 8.42 Å². The molecule has 1 N–H and O–H groups in total. The molecular formula is C2H6ClNO3S. The minimum absolute atomic E-state index is 0.237. The molecule has 0 saturated heterocycles. The van der Waals surface area contributed by atoms with E-state index < -0.39 is 10.3 Å². The van der Waals surface area contributed by atoms with E-state index >= 15 is 0 Å². The van der Waals surface area contributed by atoms with Crippen LogP contribution in [0.15, 0.2) is 0 Å². The zero-order chi connectivity index (χ0) is 6.78. The highest BCUT2D eigenvalue weighted by Gasteiger charge is 2.09. The van der Waals surface area contributed by atoms with Crippen molar-refractivity contribution in [3.8, 4) is 0 Å². The Bertz CT molecular complexity index is 153. The van der Waals surface area contributed by atoms with Crippen molar-refractivity contribution in [2.24, 2.45) is 0 Å². The number of nitrogens with zero attached hydrogens (tertiary/aromatic N) is 1. The van der Waals surface area contributed by atoms with Crippen molar-refractivity contribution in [2.45, 2.75) is 0 Å². The minimum atomic E-state index is -4.05. The van der Waals surface area contributed by atoms with E-state index in [4.69, 9.17) is 16.2 Å².